The number of benzene rings is 2. The van der Waals surface area contributed by atoms with Crippen LogP contribution < -0.4 is 10.2 Å². The third-order valence-electron chi connectivity index (χ3n) is 5.08. The van der Waals surface area contributed by atoms with Crippen molar-refractivity contribution in [2.75, 3.05) is 49.6 Å². The van der Waals surface area contributed by atoms with Gasteiger partial charge >= 0.3 is 0 Å². The van der Waals surface area contributed by atoms with Crippen molar-refractivity contribution in [1.82, 2.24) is 4.31 Å². The second kappa shape index (κ2) is 9.95. The zero-order chi connectivity index (χ0) is 22.6. The molecule has 0 unspecified atom stereocenters. The topological polar surface area (TPSA) is 79.0 Å². The van der Waals surface area contributed by atoms with Crippen LogP contribution in [0.15, 0.2) is 41.3 Å². The van der Waals surface area contributed by atoms with E-state index >= 15 is 0 Å². The van der Waals surface area contributed by atoms with E-state index in [1.807, 2.05) is 6.07 Å². The smallest absolute Gasteiger partial charge is 0.255 e. The lowest BCUT2D eigenvalue weighted by atomic mass is 10.2. The molecular formula is C21H25ClFN3O4S. The van der Waals surface area contributed by atoms with Gasteiger partial charge in [0, 0.05) is 36.8 Å². The molecule has 1 aliphatic rings. The summed E-state index contributed by atoms with van der Waals surface area (Å²) >= 11 is 6.13. The van der Waals surface area contributed by atoms with Crippen LogP contribution in [0, 0.1) is 5.82 Å². The van der Waals surface area contributed by atoms with Crippen LogP contribution in [0.1, 0.15) is 24.2 Å². The van der Waals surface area contributed by atoms with Gasteiger partial charge in [0.05, 0.1) is 24.6 Å². The standard InChI is InChI=1S/C21H25ClFN3O4S/c1-3-26(4-2)31(28,29)20-13-15(5-7-17(20)23)21(27)24-18-14-16(22)6-8-19(18)25-9-11-30-12-10-25/h5-8,13-14H,3-4,9-12H2,1-2H3,(H,24,27). The molecule has 0 saturated carbocycles. The van der Waals surface area contributed by atoms with Gasteiger partial charge < -0.3 is 15.0 Å². The first kappa shape index (κ1) is 23.5. The summed E-state index contributed by atoms with van der Waals surface area (Å²) in [6.45, 7) is 6.19. The fraction of sp³-hybridized carbons (Fsp3) is 0.381. The summed E-state index contributed by atoms with van der Waals surface area (Å²) in [7, 11) is -4.06. The molecule has 0 atom stereocenters. The molecule has 0 aliphatic carbocycles. The Hall–Kier alpha value is -2.20. The quantitative estimate of drug-likeness (QED) is 0.670. The van der Waals surface area contributed by atoms with Crippen LogP contribution in [0.5, 0.6) is 0 Å². The number of sulfonamides is 1. The van der Waals surface area contributed by atoms with Gasteiger partial charge in [-0.15, -0.1) is 0 Å². The molecular weight excluding hydrogens is 445 g/mol. The number of nitrogens with one attached hydrogen (secondary N) is 1. The number of halogens is 2. The van der Waals surface area contributed by atoms with Crippen molar-refractivity contribution in [1.29, 1.82) is 0 Å². The van der Waals surface area contributed by atoms with Gasteiger partial charge in [0.25, 0.3) is 5.91 Å². The van der Waals surface area contributed by atoms with Crippen molar-refractivity contribution < 1.29 is 22.3 Å². The first-order valence-electron chi connectivity index (χ1n) is 10.0. The molecule has 31 heavy (non-hydrogen) atoms. The zero-order valence-corrected chi connectivity index (χ0v) is 19.0. The van der Waals surface area contributed by atoms with E-state index in [2.05, 4.69) is 10.2 Å². The maximum Gasteiger partial charge on any atom is 0.255 e. The molecule has 10 heteroatoms. The summed E-state index contributed by atoms with van der Waals surface area (Å²) in [5.41, 5.74) is 1.29. The van der Waals surface area contributed by atoms with E-state index in [0.717, 1.165) is 22.1 Å². The predicted molar refractivity (Wildman–Crippen MR) is 119 cm³/mol. The molecule has 3 rings (SSSR count). The molecule has 0 radical (unpaired) electrons. The minimum Gasteiger partial charge on any atom is -0.378 e. The second-order valence-electron chi connectivity index (χ2n) is 6.95. The summed E-state index contributed by atoms with van der Waals surface area (Å²) in [5, 5.41) is 3.22. The van der Waals surface area contributed by atoms with Crippen molar-refractivity contribution in [3.8, 4) is 0 Å². The number of anilines is 2. The molecule has 1 saturated heterocycles. The SMILES string of the molecule is CCN(CC)S(=O)(=O)c1cc(C(=O)Nc2cc(Cl)ccc2N2CCOCC2)ccc1F. The summed E-state index contributed by atoms with van der Waals surface area (Å²) in [5.74, 6) is -1.46. The van der Waals surface area contributed by atoms with E-state index in [-0.39, 0.29) is 18.7 Å². The summed E-state index contributed by atoms with van der Waals surface area (Å²) < 4.78 is 46.4. The highest BCUT2D eigenvalue weighted by Gasteiger charge is 2.27. The molecule has 0 aromatic heterocycles. The molecule has 1 fully saturated rings. The Labute approximate surface area is 186 Å². The number of amides is 1. The van der Waals surface area contributed by atoms with Gasteiger partial charge in [-0.2, -0.15) is 4.31 Å². The third kappa shape index (κ3) is 5.17. The van der Waals surface area contributed by atoms with Crippen molar-refractivity contribution in [2.45, 2.75) is 18.7 Å². The number of hydrogen-bond donors (Lipinski definition) is 1. The highest BCUT2D eigenvalue weighted by Crippen LogP contribution is 2.30. The van der Waals surface area contributed by atoms with Crippen LogP contribution >= 0.6 is 11.6 Å². The van der Waals surface area contributed by atoms with E-state index in [4.69, 9.17) is 16.3 Å². The van der Waals surface area contributed by atoms with Crippen LogP contribution in [0.25, 0.3) is 0 Å². The van der Waals surface area contributed by atoms with Gasteiger partial charge in [-0.25, -0.2) is 12.8 Å². The maximum atomic E-state index is 14.4. The van der Waals surface area contributed by atoms with Crippen molar-refractivity contribution >= 4 is 38.9 Å². The predicted octanol–water partition coefficient (Wildman–Crippen LogP) is 3.60. The lowest BCUT2D eigenvalue weighted by Crippen LogP contribution is -2.36. The Morgan fingerprint density at radius 3 is 2.48 bits per heavy atom. The fourth-order valence-electron chi connectivity index (χ4n) is 3.43. The minimum atomic E-state index is -4.06. The molecule has 1 N–H and O–H groups in total. The first-order chi connectivity index (χ1) is 14.8. The molecule has 1 heterocycles. The fourth-order valence-corrected chi connectivity index (χ4v) is 5.15. The van der Waals surface area contributed by atoms with Crippen LogP contribution in [0.2, 0.25) is 5.02 Å². The van der Waals surface area contributed by atoms with Gasteiger partial charge in [-0.1, -0.05) is 25.4 Å². The molecule has 2 aromatic carbocycles. The van der Waals surface area contributed by atoms with E-state index in [1.165, 1.54) is 6.07 Å². The lowest BCUT2D eigenvalue weighted by Gasteiger charge is -2.30. The van der Waals surface area contributed by atoms with Crippen molar-refractivity contribution in [3.63, 3.8) is 0 Å². The monoisotopic (exact) mass is 469 g/mol. The summed E-state index contributed by atoms with van der Waals surface area (Å²) in [6, 6.07) is 8.48. The van der Waals surface area contributed by atoms with Crippen LogP contribution in [-0.4, -0.2) is 58.0 Å². The van der Waals surface area contributed by atoms with Gasteiger partial charge in [0.2, 0.25) is 10.0 Å². The molecule has 2 aromatic rings. The summed E-state index contributed by atoms with van der Waals surface area (Å²) in [6.07, 6.45) is 0. The Kier molecular flexibility index (Phi) is 7.53. The number of rotatable bonds is 7. The van der Waals surface area contributed by atoms with E-state index in [1.54, 1.807) is 26.0 Å². The zero-order valence-electron chi connectivity index (χ0n) is 17.4. The van der Waals surface area contributed by atoms with Gasteiger partial charge in [-0.05, 0) is 36.4 Å². The van der Waals surface area contributed by atoms with Crippen LogP contribution in [0.4, 0.5) is 15.8 Å². The third-order valence-corrected chi connectivity index (χ3v) is 7.38. The Morgan fingerprint density at radius 1 is 1.16 bits per heavy atom. The van der Waals surface area contributed by atoms with Gasteiger partial charge in [-0.3, -0.25) is 4.79 Å². The van der Waals surface area contributed by atoms with E-state index in [0.29, 0.717) is 37.0 Å². The largest absolute Gasteiger partial charge is 0.378 e. The molecule has 0 bridgehead atoms. The van der Waals surface area contributed by atoms with Crippen molar-refractivity contribution in [2.24, 2.45) is 0 Å². The molecule has 1 amide bonds. The number of nitrogens with zero attached hydrogens (tertiary/aromatic N) is 2. The molecule has 7 nitrogen and oxygen atoms in total. The number of ether oxygens (including phenoxy) is 1. The summed E-state index contributed by atoms with van der Waals surface area (Å²) in [4.78, 5) is 14.5. The average Bonchev–Trinajstić information content (AvgIpc) is 2.75. The molecule has 168 valence electrons. The highest BCUT2D eigenvalue weighted by molar-refractivity contribution is 7.89. The van der Waals surface area contributed by atoms with Crippen LogP contribution in [0.3, 0.4) is 0 Å². The highest BCUT2D eigenvalue weighted by atomic mass is 35.5. The van der Waals surface area contributed by atoms with Gasteiger partial charge in [0.1, 0.15) is 10.7 Å². The number of carbonyl (C=O) groups excluding carboxylic acids is 1. The van der Waals surface area contributed by atoms with Crippen LogP contribution in [-0.2, 0) is 14.8 Å². The average molecular weight is 470 g/mol. The Morgan fingerprint density at radius 2 is 1.84 bits per heavy atom. The van der Waals surface area contributed by atoms with Crippen molar-refractivity contribution in [3.05, 3.63) is 52.8 Å². The number of morpholine rings is 1. The lowest BCUT2D eigenvalue weighted by molar-refractivity contribution is 0.102. The van der Waals surface area contributed by atoms with Gasteiger partial charge in [0.15, 0.2) is 0 Å². The number of hydrogen-bond acceptors (Lipinski definition) is 5. The minimum absolute atomic E-state index is 0.0278. The molecule has 1 aliphatic heterocycles. The number of carbonyl (C=O) groups is 1. The second-order valence-corrected chi connectivity index (χ2v) is 9.29. The Balaban J connectivity index is 1.92. The Bertz CT molecular complexity index is 1050. The van der Waals surface area contributed by atoms with E-state index < -0.39 is 26.6 Å². The maximum absolute atomic E-state index is 14.4. The van der Waals surface area contributed by atoms with E-state index in [9.17, 15) is 17.6 Å². The normalized spacial score (nSPS) is 14.7. The molecule has 0 spiro atoms. The first-order valence-corrected chi connectivity index (χ1v) is 11.8.